The van der Waals surface area contributed by atoms with Crippen LogP contribution in [-0.4, -0.2) is 5.91 Å². The van der Waals surface area contributed by atoms with Crippen LogP contribution >= 0.6 is 11.3 Å². The van der Waals surface area contributed by atoms with Gasteiger partial charge in [-0.1, -0.05) is 24.8 Å². The molecule has 0 fully saturated rings. The van der Waals surface area contributed by atoms with Crippen molar-refractivity contribution in [3.05, 3.63) is 59.1 Å². The Labute approximate surface area is 109 Å². The molecular formula is C14H12FNOS. The van der Waals surface area contributed by atoms with Crippen molar-refractivity contribution in [2.45, 2.75) is 6.54 Å². The number of amides is 1. The van der Waals surface area contributed by atoms with Gasteiger partial charge in [0, 0.05) is 6.54 Å². The summed E-state index contributed by atoms with van der Waals surface area (Å²) in [5.41, 5.74) is 3.15. The summed E-state index contributed by atoms with van der Waals surface area (Å²) in [5, 5.41) is 6.53. The van der Waals surface area contributed by atoms with Gasteiger partial charge in [-0.2, -0.15) is 11.3 Å². The molecule has 0 bridgehead atoms. The lowest BCUT2D eigenvalue weighted by Gasteiger charge is -2.05. The van der Waals surface area contributed by atoms with Gasteiger partial charge in [0.15, 0.2) is 5.83 Å². The maximum Gasteiger partial charge on any atom is 0.279 e. The predicted octanol–water partition coefficient (Wildman–Crippen LogP) is 3.51. The van der Waals surface area contributed by atoms with Gasteiger partial charge in [0.1, 0.15) is 0 Å². The third kappa shape index (κ3) is 3.05. The van der Waals surface area contributed by atoms with Gasteiger partial charge in [-0.25, -0.2) is 4.39 Å². The van der Waals surface area contributed by atoms with Gasteiger partial charge < -0.3 is 5.32 Å². The summed E-state index contributed by atoms with van der Waals surface area (Å²) in [7, 11) is 0. The standard InChI is InChI=1S/C14H12FNOS/c1-10(15)14(17)16-8-11-3-2-4-12(7-11)13-5-6-18-9-13/h2-7,9H,1,8H2,(H,16,17). The van der Waals surface area contributed by atoms with Crippen LogP contribution in [0.4, 0.5) is 4.39 Å². The molecule has 1 amide bonds. The van der Waals surface area contributed by atoms with Crippen molar-refractivity contribution >= 4 is 17.2 Å². The molecule has 1 aromatic carbocycles. The Morgan fingerprint density at radius 1 is 1.33 bits per heavy atom. The molecule has 0 radical (unpaired) electrons. The van der Waals surface area contributed by atoms with Crippen LogP contribution in [0.2, 0.25) is 0 Å². The lowest BCUT2D eigenvalue weighted by Crippen LogP contribution is -2.22. The normalized spacial score (nSPS) is 10.1. The minimum absolute atomic E-state index is 0.291. The number of halogens is 1. The molecule has 0 saturated carbocycles. The second-order valence-electron chi connectivity index (χ2n) is 3.80. The zero-order valence-electron chi connectivity index (χ0n) is 9.65. The number of nitrogens with one attached hydrogen (secondary N) is 1. The molecule has 0 atom stereocenters. The van der Waals surface area contributed by atoms with E-state index >= 15 is 0 Å². The molecule has 0 aliphatic carbocycles. The number of hydrogen-bond acceptors (Lipinski definition) is 2. The van der Waals surface area contributed by atoms with Crippen LogP contribution in [-0.2, 0) is 11.3 Å². The fraction of sp³-hybridized carbons (Fsp3) is 0.0714. The van der Waals surface area contributed by atoms with Crippen molar-refractivity contribution in [1.82, 2.24) is 5.32 Å². The van der Waals surface area contributed by atoms with Gasteiger partial charge in [-0.05, 0) is 39.6 Å². The number of carbonyl (C=O) groups is 1. The first-order valence-electron chi connectivity index (χ1n) is 5.41. The van der Waals surface area contributed by atoms with Gasteiger partial charge in [0.05, 0.1) is 0 Å². The van der Waals surface area contributed by atoms with E-state index in [1.807, 2.05) is 35.7 Å². The Hall–Kier alpha value is -1.94. The molecule has 1 heterocycles. The van der Waals surface area contributed by atoms with Crippen LogP contribution in [0.1, 0.15) is 5.56 Å². The highest BCUT2D eigenvalue weighted by Gasteiger charge is 2.05. The van der Waals surface area contributed by atoms with Gasteiger partial charge in [-0.3, -0.25) is 4.79 Å². The predicted molar refractivity (Wildman–Crippen MR) is 71.8 cm³/mol. The molecule has 0 aliphatic rings. The average Bonchev–Trinajstić information content (AvgIpc) is 2.90. The molecule has 0 unspecified atom stereocenters. The van der Waals surface area contributed by atoms with E-state index < -0.39 is 11.7 Å². The lowest BCUT2D eigenvalue weighted by molar-refractivity contribution is -0.119. The van der Waals surface area contributed by atoms with Crippen molar-refractivity contribution in [3.8, 4) is 11.1 Å². The number of rotatable bonds is 4. The van der Waals surface area contributed by atoms with E-state index in [0.29, 0.717) is 6.54 Å². The minimum atomic E-state index is -0.969. The van der Waals surface area contributed by atoms with Crippen molar-refractivity contribution in [3.63, 3.8) is 0 Å². The molecular weight excluding hydrogens is 249 g/mol. The summed E-state index contributed by atoms with van der Waals surface area (Å²) in [4.78, 5) is 11.0. The van der Waals surface area contributed by atoms with Gasteiger partial charge in [0.2, 0.25) is 0 Å². The molecule has 2 nitrogen and oxygen atoms in total. The summed E-state index contributed by atoms with van der Waals surface area (Å²) in [6, 6.07) is 9.81. The third-order valence-electron chi connectivity index (χ3n) is 2.48. The molecule has 18 heavy (non-hydrogen) atoms. The first-order valence-corrected chi connectivity index (χ1v) is 6.35. The molecule has 4 heteroatoms. The monoisotopic (exact) mass is 261 g/mol. The van der Waals surface area contributed by atoms with Crippen LogP contribution < -0.4 is 5.32 Å². The molecule has 2 aromatic rings. The molecule has 2 rings (SSSR count). The molecule has 0 aliphatic heterocycles. The van der Waals surface area contributed by atoms with E-state index in [0.717, 1.165) is 16.7 Å². The van der Waals surface area contributed by atoms with E-state index in [-0.39, 0.29) is 0 Å². The first-order chi connectivity index (χ1) is 8.66. The Bertz CT molecular complexity index is 563. The smallest absolute Gasteiger partial charge is 0.279 e. The van der Waals surface area contributed by atoms with Crippen molar-refractivity contribution in [2.24, 2.45) is 0 Å². The molecule has 1 aromatic heterocycles. The van der Waals surface area contributed by atoms with E-state index in [9.17, 15) is 9.18 Å². The number of thiophene rings is 1. The second kappa shape index (κ2) is 5.60. The quantitative estimate of drug-likeness (QED) is 0.838. The fourth-order valence-electron chi connectivity index (χ4n) is 1.57. The largest absolute Gasteiger partial charge is 0.346 e. The van der Waals surface area contributed by atoms with Gasteiger partial charge in [-0.15, -0.1) is 0 Å². The van der Waals surface area contributed by atoms with Crippen LogP contribution in [0.5, 0.6) is 0 Å². The molecule has 1 N–H and O–H groups in total. The maximum atomic E-state index is 12.5. The number of benzene rings is 1. The topological polar surface area (TPSA) is 29.1 Å². The number of carbonyl (C=O) groups excluding carboxylic acids is 1. The van der Waals surface area contributed by atoms with Gasteiger partial charge in [0.25, 0.3) is 5.91 Å². The Balaban J connectivity index is 2.09. The fourth-order valence-corrected chi connectivity index (χ4v) is 2.23. The summed E-state index contributed by atoms with van der Waals surface area (Å²) in [6.07, 6.45) is 0. The average molecular weight is 261 g/mol. The summed E-state index contributed by atoms with van der Waals surface area (Å²) < 4.78 is 12.5. The zero-order chi connectivity index (χ0) is 13.0. The van der Waals surface area contributed by atoms with Crippen molar-refractivity contribution < 1.29 is 9.18 Å². The van der Waals surface area contributed by atoms with Crippen LogP contribution in [0.3, 0.4) is 0 Å². The van der Waals surface area contributed by atoms with E-state index in [4.69, 9.17) is 0 Å². The van der Waals surface area contributed by atoms with Crippen molar-refractivity contribution in [2.75, 3.05) is 0 Å². The van der Waals surface area contributed by atoms with E-state index in [2.05, 4.69) is 17.3 Å². The van der Waals surface area contributed by atoms with Crippen LogP contribution in [0.25, 0.3) is 11.1 Å². The van der Waals surface area contributed by atoms with Gasteiger partial charge >= 0.3 is 0 Å². The minimum Gasteiger partial charge on any atom is -0.346 e. The second-order valence-corrected chi connectivity index (χ2v) is 4.58. The third-order valence-corrected chi connectivity index (χ3v) is 3.16. The Kier molecular flexibility index (Phi) is 3.89. The Morgan fingerprint density at radius 2 is 2.17 bits per heavy atom. The zero-order valence-corrected chi connectivity index (χ0v) is 10.5. The summed E-state index contributed by atoms with van der Waals surface area (Å²) in [6.45, 7) is 3.24. The number of hydrogen-bond donors (Lipinski definition) is 1. The van der Waals surface area contributed by atoms with E-state index in [1.165, 1.54) is 0 Å². The van der Waals surface area contributed by atoms with Crippen molar-refractivity contribution in [1.29, 1.82) is 0 Å². The lowest BCUT2D eigenvalue weighted by atomic mass is 10.1. The highest BCUT2D eigenvalue weighted by Crippen LogP contribution is 2.22. The summed E-state index contributed by atoms with van der Waals surface area (Å²) in [5.74, 6) is -1.74. The first kappa shape index (κ1) is 12.5. The van der Waals surface area contributed by atoms with Crippen LogP contribution in [0.15, 0.2) is 53.5 Å². The summed E-state index contributed by atoms with van der Waals surface area (Å²) >= 11 is 1.63. The Morgan fingerprint density at radius 3 is 2.83 bits per heavy atom. The molecule has 92 valence electrons. The van der Waals surface area contributed by atoms with Crippen LogP contribution in [0, 0.1) is 0 Å². The van der Waals surface area contributed by atoms with E-state index in [1.54, 1.807) is 11.3 Å². The molecule has 0 spiro atoms. The highest BCUT2D eigenvalue weighted by atomic mass is 32.1. The highest BCUT2D eigenvalue weighted by molar-refractivity contribution is 7.08. The molecule has 0 saturated heterocycles. The SMILES string of the molecule is C=C(F)C(=O)NCc1cccc(-c2ccsc2)c1. The maximum absolute atomic E-state index is 12.5.